The third-order valence-corrected chi connectivity index (χ3v) is 3.62. The van der Waals surface area contributed by atoms with Crippen molar-refractivity contribution in [3.63, 3.8) is 0 Å². The SMILES string of the molecule is C1=Cc2ccccc2CN1.CC1=CC(C(=O)O)=CC(C(=O)O)C1. The van der Waals surface area contributed by atoms with Gasteiger partial charge in [-0.1, -0.05) is 35.9 Å². The Morgan fingerprint density at radius 3 is 2.61 bits per heavy atom. The highest BCUT2D eigenvalue weighted by atomic mass is 16.4. The number of carboxylic acids is 2. The molecular formula is C18H19NO4. The fourth-order valence-electron chi connectivity index (χ4n) is 2.46. The van der Waals surface area contributed by atoms with Gasteiger partial charge in [-0.2, -0.15) is 0 Å². The predicted molar refractivity (Wildman–Crippen MR) is 87.5 cm³/mol. The maximum atomic E-state index is 10.6. The minimum absolute atomic E-state index is 0.0659. The van der Waals surface area contributed by atoms with Crippen LogP contribution in [-0.2, 0) is 16.1 Å². The summed E-state index contributed by atoms with van der Waals surface area (Å²) in [4.78, 5) is 21.2. The molecule has 3 rings (SSSR count). The van der Waals surface area contributed by atoms with Crippen LogP contribution < -0.4 is 5.32 Å². The van der Waals surface area contributed by atoms with Crippen molar-refractivity contribution in [1.82, 2.24) is 5.32 Å². The lowest BCUT2D eigenvalue weighted by atomic mass is 9.91. The van der Waals surface area contributed by atoms with Crippen LogP contribution in [0.25, 0.3) is 6.08 Å². The maximum Gasteiger partial charge on any atom is 0.335 e. The zero-order valence-corrected chi connectivity index (χ0v) is 12.8. The van der Waals surface area contributed by atoms with Gasteiger partial charge < -0.3 is 15.5 Å². The largest absolute Gasteiger partial charge is 0.481 e. The van der Waals surface area contributed by atoms with Crippen LogP contribution >= 0.6 is 0 Å². The van der Waals surface area contributed by atoms with Crippen LogP contribution in [0.3, 0.4) is 0 Å². The molecule has 1 atom stereocenters. The molecule has 1 aromatic rings. The first-order chi connectivity index (χ1) is 11.0. The first kappa shape index (κ1) is 16.5. The summed E-state index contributed by atoms with van der Waals surface area (Å²) in [5.74, 6) is -2.76. The lowest BCUT2D eigenvalue weighted by Gasteiger charge is -2.14. The molecule has 0 radical (unpaired) electrons. The van der Waals surface area contributed by atoms with E-state index in [0.29, 0.717) is 6.42 Å². The molecule has 0 spiro atoms. The molecular weight excluding hydrogens is 294 g/mol. The van der Waals surface area contributed by atoms with Crippen molar-refractivity contribution in [2.45, 2.75) is 19.9 Å². The monoisotopic (exact) mass is 313 g/mol. The summed E-state index contributed by atoms with van der Waals surface area (Å²) in [6, 6.07) is 8.41. The second-order valence-corrected chi connectivity index (χ2v) is 5.48. The molecule has 23 heavy (non-hydrogen) atoms. The second kappa shape index (κ2) is 7.45. The van der Waals surface area contributed by atoms with Gasteiger partial charge in [0.2, 0.25) is 0 Å². The molecule has 2 aliphatic rings. The Balaban J connectivity index is 0.000000172. The number of fused-ring (bicyclic) bond motifs is 1. The van der Waals surface area contributed by atoms with Crippen molar-refractivity contribution in [3.8, 4) is 0 Å². The molecule has 5 heteroatoms. The van der Waals surface area contributed by atoms with Crippen LogP contribution in [0.15, 0.2) is 53.8 Å². The van der Waals surface area contributed by atoms with E-state index in [2.05, 4.69) is 35.7 Å². The highest BCUT2D eigenvalue weighted by molar-refractivity contribution is 5.91. The van der Waals surface area contributed by atoms with E-state index in [9.17, 15) is 9.59 Å². The van der Waals surface area contributed by atoms with Crippen LogP contribution in [0.2, 0.25) is 0 Å². The van der Waals surface area contributed by atoms with Crippen molar-refractivity contribution in [2.75, 3.05) is 0 Å². The summed E-state index contributed by atoms with van der Waals surface area (Å²) < 4.78 is 0. The molecule has 1 unspecified atom stereocenters. The Hall–Kier alpha value is -2.82. The van der Waals surface area contributed by atoms with E-state index >= 15 is 0 Å². The topological polar surface area (TPSA) is 86.6 Å². The number of aliphatic carboxylic acids is 2. The van der Waals surface area contributed by atoms with Crippen molar-refractivity contribution in [3.05, 3.63) is 64.9 Å². The molecule has 120 valence electrons. The summed E-state index contributed by atoms with van der Waals surface area (Å²) in [5.41, 5.74) is 3.56. The number of benzene rings is 1. The highest BCUT2D eigenvalue weighted by Crippen LogP contribution is 2.22. The first-order valence-corrected chi connectivity index (χ1v) is 7.30. The van der Waals surface area contributed by atoms with Gasteiger partial charge in [0.05, 0.1) is 11.5 Å². The molecule has 3 N–H and O–H groups in total. The van der Waals surface area contributed by atoms with Gasteiger partial charge >= 0.3 is 11.9 Å². The number of carboxylic acid groups (broad SMARTS) is 2. The van der Waals surface area contributed by atoms with E-state index in [1.807, 2.05) is 6.20 Å². The summed E-state index contributed by atoms with van der Waals surface area (Å²) in [6.07, 6.45) is 7.26. The lowest BCUT2D eigenvalue weighted by Crippen LogP contribution is -2.16. The standard InChI is InChI=1S/C9H9N.C9H10O4/c1-2-4-9-7-10-6-5-8(9)3-1;1-5-2-6(8(10)11)4-7(3-5)9(12)13/h1-6,10H,7H2;2,4,7H,3H2,1H3,(H,10,11)(H,12,13). The maximum absolute atomic E-state index is 10.6. The van der Waals surface area contributed by atoms with Crippen molar-refractivity contribution in [1.29, 1.82) is 0 Å². The Kier molecular flexibility index (Phi) is 5.36. The molecule has 1 aliphatic heterocycles. The quantitative estimate of drug-likeness (QED) is 0.781. The first-order valence-electron chi connectivity index (χ1n) is 7.30. The Morgan fingerprint density at radius 2 is 1.96 bits per heavy atom. The normalized spacial score (nSPS) is 18.4. The molecule has 1 aliphatic carbocycles. The van der Waals surface area contributed by atoms with E-state index in [-0.39, 0.29) is 5.57 Å². The van der Waals surface area contributed by atoms with Gasteiger partial charge in [-0.25, -0.2) is 4.79 Å². The van der Waals surface area contributed by atoms with E-state index in [0.717, 1.165) is 12.1 Å². The van der Waals surface area contributed by atoms with Gasteiger partial charge in [0.25, 0.3) is 0 Å². The second-order valence-electron chi connectivity index (χ2n) is 5.48. The fraction of sp³-hybridized carbons (Fsp3) is 0.222. The van der Waals surface area contributed by atoms with Crippen LogP contribution in [0.1, 0.15) is 24.5 Å². The number of hydrogen-bond donors (Lipinski definition) is 3. The molecule has 1 aromatic carbocycles. The van der Waals surface area contributed by atoms with Gasteiger partial charge in [0.15, 0.2) is 0 Å². The van der Waals surface area contributed by atoms with Crippen LogP contribution in [0, 0.1) is 5.92 Å². The average molecular weight is 313 g/mol. The molecule has 0 saturated heterocycles. The van der Waals surface area contributed by atoms with Crippen molar-refractivity contribution in [2.24, 2.45) is 5.92 Å². The van der Waals surface area contributed by atoms with E-state index < -0.39 is 17.9 Å². The minimum Gasteiger partial charge on any atom is -0.481 e. The summed E-state index contributed by atoms with van der Waals surface area (Å²) in [7, 11) is 0. The number of rotatable bonds is 2. The zero-order chi connectivity index (χ0) is 16.8. The molecule has 5 nitrogen and oxygen atoms in total. The lowest BCUT2D eigenvalue weighted by molar-refractivity contribution is -0.140. The zero-order valence-electron chi connectivity index (χ0n) is 12.8. The third kappa shape index (κ3) is 4.57. The molecule has 1 heterocycles. The van der Waals surface area contributed by atoms with Gasteiger partial charge in [-0.05, 0) is 42.8 Å². The van der Waals surface area contributed by atoms with Crippen molar-refractivity contribution < 1.29 is 19.8 Å². The molecule has 0 bridgehead atoms. The van der Waals surface area contributed by atoms with Gasteiger partial charge in [-0.15, -0.1) is 0 Å². The number of carbonyl (C=O) groups is 2. The number of nitrogens with one attached hydrogen (secondary N) is 1. The summed E-state index contributed by atoms with van der Waals surface area (Å²) in [5, 5.41) is 20.5. The van der Waals surface area contributed by atoms with Crippen LogP contribution in [0.4, 0.5) is 0 Å². The number of allylic oxidation sites excluding steroid dienone is 1. The molecule has 0 aromatic heterocycles. The van der Waals surface area contributed by atoms with E-state index in [1.54, 1.807) is 6.92 Å². The van der Waals surface area contributed by atoms with Crippen LogP contribution in [-0.4, -0.2) is 22.2 Å². The van der Waals surface area contributed by atoms with Crippen LogP contribution in [0.5, 0.6) is 0 Å². The molecule has 0 fully saturated rings. The van der Waals surface area contributed by atoms with Gasteiger partial charge in [0, 0.05) is 6.54 Å². The number of hydrogen-bond acceptors (Lipinski definition) is 3. The Morgan fingerprint density at radius 1 is 1.22 bits per heavy atom. The third-order valence-electron chi connectivity index (χ3n) is 3.62. The Bertz CT molecular complexity index is 701. The Labute approximate surface area is 134 Å². The summed E-state index contributed by atoms with van der Waals surface area (Å²) >= 11 is 0. The van der Waals surface area contributed by atoms with Crippen molar-refractivity contribution >= 4 is 18.0 Å². The van der Waals surface area contributed by atoms with E-state index in [1.165, 1.54) is 23.3 Å². The predicted octanol–water partition coefficient (Wildman–Crippen LogP) is 2.81. The fourth-order valence-corrected chi connectivity index (χ4v) is 2.46. The smallest absolute Gasteiger partial charge is 0.335 e. The highest BCUT2D eigenvalue weighted by Gasteiger charge is 2.21. The molecule has 0 saturated carbocycles. The molecule has 0 amide bonds. The average Bonchev–Trinajstić information content (AvgIpc) is 2.55. The van der Waals surface area contributed by atoms with Gasteiger partial charge in [0.1, 0.15) is 0 Å². The minimum atomic E-state index is -1.08. The van der Waals surface area contributed by atoms with E-state index in [4.69, 9.17) is 10.2 Å². The summed E-state index contributed by atoms with van der Waals surface area (Å²) in [6.45, 7) is 2.69. The van der Waals surface area contributed by atoms with Gasteiger partial charge in [-0.3, -0.25) is 4.79 Å².